The van der Waals surface area contributed by atoms with Crippen LogP contribution in [-0.4, -0.2) is 79.2 Å². The maximum atomic E-state index is 7.73. The molecular formula is C13H20BBr2N11O2V4-4. The van der Waals surface area contributed by atoms with Crippen LogP contribution in [0.25, 0.3) is 0 Å². The number of hydrogen-bond acceptors (Lipinski definition) is 13. The van der Waals surface area contributed by atoms with Gasteiger partial charge < -0.3 is 58.5 Å². The van der Waals surface area contributed by atoms with Crippen molar-refractivity contribution in [3.05, 3.63) is 47.0 Å². The molecule has 0 atom stereocenters. The minimum absolute atomic E-state index is 0. The summed E-state index contributed by atoms with van der Waals surface area (Å²) in [6, 6.07) is 0. The van der Waals surface area contributed by atoms with Gasteiger partial charge in [-0.2, -0.15) is 39.9 Å². The zero-order valence-electron chi connectivity index (χ0n) is 19.5. The molecule has 2 aromatic rings. The van der Waals surface area contributed by atoms with Gasteiger partial charge in [0.15, 0.2) is 0 Å². The normalized spacial score (nSPS) is 7.45. The van der Waals surface area contributed by atoms with Crippen LogP contribution in [0, 0.1) is 30.5 Å². The molecular weight excluding hydrogens is 717 g/mol. The van der Waals surface area contributed by atoms with E-state index < -0.39 is 7.12 Å². The van der Waals surface area contributed by atoms with E-state index in [9.17, 15) is 0 Å². The van der Waals surface area contributed by atoms with E-state index in [4.69, 9.17) is 12.8 Å². The average molecular weight is 739 g/mol. The van der Waals surface area contributed by atoms with Gasteiger partial charge in [0.05, 0.1) is 0 Å². The zero-order valence-corrected chi connectivity index (χ0v) is 26.2. The SMILES string of the molecule is Brc1[c-]nnnn1.C=[C-]Br.C=[C-]N=C.CN=NC.[2H]CB(O)O.[2H]Cc1[c-]nnnn1.[V].[V].[V].[V]. The molecule has 0 aliphatic rings. The Hall–Kier alpha value is -0.0874. The third-order valence-corrected chi connectivity index (χ3v) is 1.44. The number of aliphatic imine (C=N–C) groups is 1. The van der Waals surface area contributed by atoms with Crippen LogP contribution >= 0.6 is 31.9 Å². The number of hydrogen-bond donors (Lipinski definition) is 2. The minimum atomic E-state index is -1.45. The molecule has 2 rings (SSSR count). The minimum Gasteiger partial charge on any atom is -0.467 e. The van der Waals surface area contributed by atoms with Crippen molar-refractivity contribution >= 4 is 45.7 Å². The van der Waals surface area contributed by atoms with Crippen LogP contribution < -0.4 is 0 Å². The summed E-state index contributed by atoms with van der Waals surface area (Å²) in [5.74, 6) is 0. The third-order valence-electron chi connectivity index (χ3n) is 1.10. The molecule has 0 bridgehead atoms. The summed E-state index contributed by atoms with van der Waals surface area (Å²) in [7, 11) is 1.83. The molecule has 2 aromatic heterocycles. The van der Waals surface area contributed by atoms with Crippen molar-refractivity contribution in [2.24, 2.45) is 15.2 Å². The predicted molar refractivity (Wildman–Crippen MR) is 114 cm³/mol. The molecule has 0 saturated carbocycles. The molecule has 4 radical (unpaired) electrons. The molecule has 0 aliphatic heterocycles. The van der Waals surface area contributed by atoms with Crippen molar-refractivity contribution in [3.8, 4) is 0 Å². The van der Waals surface area contributed by atoms with Gasteiger partial charge in [-0.15, -0.1) is 0 Å². The van der Waals surface area contributed by atoms with Gasteiger partial charge in [0.2, 0.25) is 0 Å². The van der Waals surface area contributed by atoms with E-state index in [1.54, 1.807) is 14.1 Å². The Balaban J connectivity index is -0.0000000421. The molecule has 13 nitrogen and oxygen atoms in total. The molecule has 2 heterocycles. The van der Waals surface area contributed by atoms with Gasteiger partial charge in [0, 0.05) is 91.1 Å². The van der Waals surface area contributed by atoms with Gasteiger partial charge in [-0.25, -0.2) is 0 Å². The smallest absolute Gasteiger partial charge is 0.448 e. The molecule has 0 amide bonds. The fourth-order valence-corrected chi connectivity index (χ4v) is 0.512. The van der Waals surface area contributed by atoms with E-state index >= 15 is 0 Å². The zero-order chi connectivity index (χ0) is 24.8. The predicted octanol–water partition coefficient (Wildman–Crippen LogP) is 0.943. The molecule has 0 fully saturated rings. The summed E-state index contributed by atoms with van der Waals surface area (Å²) < 4.78 is 13.4. The molecule has 33 heavy (non-hydrogen) atoms. The Morgan fingerprint density at radius 2 is 1.36 bits per heavy atom. The van der Waals surface area contributed by atoms with Crippen molar-refractivity contribution in [2.75, 3.05) is 14.1 Å². The second kappa shape index (κ2) is 53.3. The molecule has 0 aliphatic carbocycles. The summed E-state index contributed by atoms with van der Waals surface area (Å²) in [4.78, 5) is 5.44. The topological polar surface area (TPSA) is 181 Å². The van der Waals surface area contributed by atoms with Gasteiger partial charge >= 0.3 is 7.12 Å². The fourth-order valence-electron chi connectivity index (χ4n) is 0.362. The van der Waals surface area contributed by atoms with Gasteiger partial charge in [-0.1, -0.05) is 39.0 Å². The second-order valence-corrected chi connectivity index (χ2v) is 4.36. The summed E-state index contributed by atoms with van der Waals surface area (Å²) in [6.07, 6.45) is 7.00. The Morgan fingerprint density at radius 3 is 1.48 bits per heavy atom. The van der Waals surface area contributed by atoms with Gasteiger partial charge in [0.25, 0.3) is 0 Å². The Bertz CT molecular complexity index is 658. The number of rotatable bonds is 1. The van der Waals surface area contributed by atoms with Gasteiger partial charge in [-0.3, -0.25) is 6.58 Å². The summed E-state index contributed by atoms with van der Waals surface area (Å²) in [6.45, 7) is 9.06. The van der Waals surface area contributed by atoms with Crippen molar-refractivity contribution in [1.82, 2.24) is 41.2 Å². The van der Waals surface area contributed by atoms with Gasteiger partial charge in [0.1, 0.15) is 0 Å². The Morgan fingerprint density at radius 1 is 0.970 bits per heavy atom. The summed E-state index contributed by atoms with van der Waals surface area (Å²) in [5.41, 5.74) is 0.417. The number of aromatic nitrogens is 8. The molecule has 0 spiro atoms. The van der Waals surface area contributed by atoms with E-state index in [-0.39, 0.29) is 87.9 Å². The van der Waals surface area contributed by atoms with E-state index in [1.165, 1.54) is 0 Å². The second-order valence-electron chi connectivity index (χ2n) is 3.05. The van der Waals surface area contributed by atoms with Crippen LogP contribution in [0.4, 0.5) is 0 Å². The third kappa shape index (κ3) is 89.0. The van der Waals surface area contributed by atoms with Crippen molar-refractivity contribution in [3.63, 3.8) is 0 Å². The van der Waals surface area contributed by atoms with Crippen molar-refractivity contribution in [2.45, 2.75) is 13.7 Å². The van der Waals surface area contributed by atoms with Crippen LogP contribution in [0.5, 0.6) is 0 Å². The fraction of sp³-hybridized carbons (Fsp3) is 0.308. The molecule has 20 heteroatoms. The molecule has 0 saturated heterocycles. The summed E-state index contributed by atoms with van der Waals surface area (Å²) >= 11 is 5.76. The van der Waals surface area contributed by atoms with E-state index in [1.807, 2.05) is 0 Å². The van der Waals surface area contributed by atoms with Crippen molar-refractivity contribution in [1.29, 1.82) is 0 Å². The van der Waals surface area contributed by atoms with Crippen molar-refractivity contribution < 1.29 is 87.0 Å². The van der Waals surface area contributed by atoms with Crippen LogP contribution in [0.15, 0.2) is 33.0 Å². The number of nitrogens with zero attached hydrogens (tertiary/aromatic N) is 11. The van der Waals surface area contributed by atoms with Crippen LogP contribution in [0.1, 0.15) is 8.44 Å². The number of aryl methyl sites for hydroxylation is 1. The maximum absolute atomic E-state index is 7.73. The van der Waals surface area contributed by atoms with Crippen LogP contribution in [-0.2, 0) is 74.2 Å². The summed E-state index contributed by atoms with van der Waals surface area (Å²) in [5, 5.41) is 48.3. The number of halogens is 2. The average Bonchev–Trinajstić information content (AvgIpc) is 2.81. The van der Waals surface area contributed by atoms with E-state index in [2.05, 4.69) is 132 Å². The Labute approximate surface area is 261 Å². The maximum Gasteiger partial charge on any atom is 0.448 e. The van der Waals surface area contributed by atoms with E-state index in [0.717, 1.165) is 0 Å². The van der Waals surface area contributed by atoms with Crippen LogP contribution in [0.3, 0.4) is 0 Å². The first kappa shape index (κ1) is 46.3. The molecule has 0 aromatic carbocycles. The first-order valence-electron chi connectivity index (χ1n) is 8.01. The Kier molecular flexibility index (Phi) is 74.8. The van der Waals surface area contributed by atoms with Crippen LogP contribution in [0.2, 0.25) is 6.80 Å². The number of azo groups is 1. The molecule has 180 valence electrons. The molecule has 0 unspecified atom stereocenters. The standard InChI is InChI=1S/C3H3N4.C3H4N.C2BrN4.C2H2Br.C2H6N2.CH5BO2.4V/c1-3-2-4-6-7-5-3;1-3-4-2;3-2-1-4-6-7-5-2;1-2-3;1-3-4-2;1-2(3)4;;;;/h1H3;1-2H2;;1H2;1-2H3;3-4H,1H3;;;;/q4*-1;;;;;;/i1D;;;;;1D;;;;. The first-order valence-corrected chi connectivity index (χ1v) is 8.18. The first-order chi connectivity index (χ1) is 14.8. The van der Waals surface area contributed by atoms with Gasteiger partial charge in [-0.05, 0) is 21.8 Å². The monoisotopic (exact) mass is 737 g/mol. The molecule has 2 N–H and O–H groups in total. The quantitative estimate of drug-likeness (QED) is 0.185. The largest absolute Gasteiger partial charge is 0.467 e. The van der Waals surface area contributed by atoms with E-state index in [0.29, 0.717) is 10.3 Å².